The van der Waals surface area contributed by atoms with Crippen molar-refractivity contribution in [1.29, 1.82) is 0 Å². The van der Waals surface area contributed by atoms with Crippen LogP contribution in [0.15, 0.2) is 70.3 Å². The number of para-hydroxylation sites is 1. The molecule has 3 rings (SSSR count). The second-order valence-electron chi connectivity index (χ2n) is 8.03. The van der Waals surface area contributed by atoms with Crippen molar-refractivity contribution in [1.82, 2.24) is 0 Å². The summed E-state index contributed by atoms with van der Waals surface area (Å²) in [7, 11) is -2.09. The highest BCUT2D eigenvalue weighted by atomic mass is 32.2. The Morgan fingerprint density at radius 1 is 1.03 bits per heavy atom. The molecule has 0 saturated heterocycles. The smallest absolute Gasteiger partial charge is 0.273 e. The first-order valence-electron chi connectivity index (χ1n) is 9.74. The van der Waals surface area contributed by atoms with E-state index in [-0.39, 0.29) is 22.1 Å². The standard InChI is InChI=1S/C23H26N2O4S2/c1-23(2,3)19-8-5-6-9-20(19)24-21(26)16-29-18-13-11-17(12-14-18)25(4)31(27,28)22-10-7-15-30-22/h5-15H,16H2,1-4H3,(H,24,26). The molecular formula is C23H26N2O4S2. The van der Waals surface area contributed by atoms with Crippen molar-refractivity contribution in [3.63, 3.8) is 0 Å². The number of sulfonamides is 1. The Balaban J connectivity index is 1.62. The molecule has 0 fully saturated rings. The van der Waals surface area contributed by atoms with Gasteiger partial charge in [0.25, 0.3) is 15.9 Å². The molecule has 1 amide bonds. The largest absolute Gasteiger partial charge is 0.484 e. The van der Waals surface area contributed by atoms with E-state index in [1.165, 1.54) is 22.7 Å². The molecule has 8 heteroatoms. The van der Waals surface area contributed by atoms with Gasteiger partial charge in [0.2, 0.25) is 0 Å². The molecule has 1 N–H and O–H groups in total. The minimum absolute atomic E-state index is 0.101. The van der Waals surface area contributed by atoms with Crippen LogP contribution in [0.1, 0.15) is 26.3 Å². The lowest BCUT2D eigenvalue weighted by Gasteiger charge is -2.23. The Bertz CT molecular complexity index is 1130. The van der Waals surface area contributed by atoms with Crippen LogP contribution < -0.4 is 14.4 Å². The maximum atomic E-state index is 12.6. The molecule has 31 heavy (non-hydrogen) atoms. The molecule has 0 radical (unpaired) electrons. The highest BCUT2D eigenvalue weighted by Gasteiger charge is 2.22. The van der Waals surface area contributed by atoms with Crippen molar-refractivity contribution < 1.29 is 17.9 Å². The van der Waals surface area contributed by atoms with Gasteiger partial charge in [0.05, 0.1) is 5.69 Å². The Kier molecular flexibility index (Phi) is 6.71. The number of carbonyl (C=O) groups excluding carboxylic acids is 1. The topological polar surface area (TPSA) is 75.7 Å². The Labute approximate surface area is 187 Å². The zero-order valence-corrected chi connectivity index (χ0v) is 19.6. The first-order chi connectivity index (χ1) is 14.6. The van der Waals surface area contributed by atoms with Gasteiger partial charge in [0.1, 0.15) is 9.96 Å². The number of anilines is 2. The number of ether oxygens (including phenoxy) is 1. The number of nitrogens with zero attached hydrogens (tertiary/aromatic N) is 1. The average molecular weight is 459 g/mol. The third-order valence-electron chi connectivity index (χ3n) is 4.69. The maximum absolute atomic E-state index is 12.6. The number of hydrogen-bond acceptors (Lipinski definition) is 5. The number of nitrogens with one attached hydrogen (secondary N) is 1. The Hall–Kier alpha value is -2.84. The van der Waals surface area contributed by atoms with E-state index in [4.69, 9.17) is 4.74 Å². The molecule has 0 unspecified atom stereocenters. The summed E-state index contributed by atoms with van der Waals surface area (Å²) in [6, 6.07) is 17.6. The van der Waals surface area contributed by atoms with Gasteiger partial charge in [0, 0.05) is 12.7 Å². The van der Waals surface area contributed by atoms with E-state index in [0.717, 1.165) is 11.3 Å². The van der Waals surface area contributed by atoms with Crippen LogP contribution in [-0.4, -0.2) is 28.0 Å². The van der Waals surface area contributed by atoms with Crippen molar-refractivity contribution in [3.05, 3.63) is 71.6 Å². The summed E-state index contributed by atoms with van der Waals surface area (Å²) < 4.78 is 32.3. The monoisotopic (exact) mass is 458 g/mol. The molecule has 164 valence electrons. The predicted octanol–water partition coefficient (Wildman–Crippen LogP) is 4.89. The fourth-order valence-electron chi connectivity index (χ4n) is 3.02. The minimum Gasteiger partial charge on any atom is -0.484 e. The molecule has 0 atom stereocenters. The fraction of sp³-hybridized carbons (Fsp3) is 0.261. The van der Waals surface area contributed by atoms with Crippen LogP contribution in [0, 0.1) is 0 Å². The zero-order chi connectivity index (χ0) is 22.6. The van der Waals surface area contributed by atoms with Gasteiger partial charge in [-0.25, -0.2) is 8.42 Å². The summed E-state index contributed by atoms with van der Waals surface area (Å²) in [5.41, 5.74) is 2.21. The SMILES string of the molecule is CN(c1ccc(OCC(=O)Nc2ccccc2C(C)(C)C)cc1)S(=O)(=O)c1cccs1. The molecule has 0 aliphatic rings. The zero-order valence-electron chi connectivity index (χ0n) is 18.0. The van der Waals surface area contributed by atoms with E-state index in [9.17, 15) is 13.2 Å². The summed E-state index contributed by atoms with van der Waals surface area (Å²) in [6.45, 7) is 6.12. The van der Waals surface area contributed by atoms with Crippen LogP contribution >= 0.6 is 11.3 Å². The molecule has 0 aliphatic carbocycles. The normalized spacial score (nSPS) is 11.7. The van der Waals surface area contributed by atoms with Crippen molar-refractivity contribution >= 4 is 38.6 Å². The van der Waals surface area contributed by atoms with Gasteiger partial charge in [-0.05, 0) is 52.8 Å². The summed E-state index contributed by atoms with van der Waals surface area (Å²) in [5, 5.41) is 4.63. The third-order valence-corrected chi connectivity index (χ3v) is 7.85. The van der Waals surface area contributed by atoms with E-state index in [2.05, 4.69) is 26.1 Å². The molecule has 3 aromatic rings. The second-order valence-corrected chi connectivity index (χ2v) is 11.2. The van der Waals surface area contributed by atoms with Gasteiger partial charge in [-0.2, -0.15) is 0 Å². The van der Waals surface area contributed by atoms with Gasteiger partial charge in [-0.1, -0.05) is 45.0 Å². The molecule has 0 spiro atoms. The summed E-state index contributed by atoms with van der Waals surface area (Å²) in [6.07, 6.45) is 0. The van der Waals surface area contributed by atoms with E-state index >= 15 is 0 Å². The quantitative estimate of drug-likeness (QED) is 0.547. The number of benzene rings is 2. The van der Waals surface area contributed by atoms with Crippen LogP contribution in [0.25, 0.3) is 0 Å². The predicted molar refractivity (Wildman–Crippen MR) is 126 cm³/mol. The highest BCUT2D eigenvalue weighted by Crippen LogP contribution is 2.29. The van der Waals surface area contributed by atoms with Crippen LogP contribution in [0.3, 0.4) is 0 Å². The molecule has 0 aliphatic heterocycles. The molecule has 0 bridgehead atoms. The van der Waals surface area contributed by atoms with Gasteiger partial charge in [-0.3, -0.25) is 9.10 Å². The second kappa shape index (κ2) is 9.11. The van der Waals surface area contributed by atoms with Crippen molar-refractivity contribution in [2.24, 2.45) is 0 Å². The molecule has 0 saturated carbocycles. The summed E-state index contributed by atoms with van der Waals surface area (Å²) in [4.78, 5) is 12.4. The number of thiophene rings is 1. The van der Waals surface area contributed by atoms with Crippen LogP contribution in [0.4, 0.5) is 11.4 Å². The van der Waals surface area contributed by atoms with Gasteiger partial charge >= 0.3 is 0 Å². The van der Waals surface area contributed by atoms with Crippen molar-refractivity contribution in [3.8, 4) is 5.75 Å². The van der Waals surface area contributed by atoms with E-state index in [0.29, 0.717) is 11.4 Å². The van der Waals surface area contributed by atoms with E-state index in [1.54, 1.807) is 41.8 Å². The third kappa shape index (κ3) is 5.45. The average Bonchev–Trinajstić information content (AvgIpc) is 3.27. The number of hydrogen-bond donors (Lipinski definition) is 1. The highest BCUT2D eigenvalue weighted by molar-refractivity contribution is 7.94. The molecule has 1 aromatic heterocycles. The Morgan fingerprint density at radius 3 is 2.32 bits per heavy atom. The van der Waals surface area contributed by atoms with Crippen LogP contribution in [0.2, 0.25) is 0 Å². The number of rotatable bonds is 7. The summed E-state index contributed by atoms with van der Waals surface area (Å²) in [5.74, 6) is 0.211. The lowest BCUT2D eigenvalue weighted by atomic mass is 9.86. The first-order valence-corrected chi connectivity index (χ1v) is 12.1. The van der Waals surface area contributed by atoms with E-state index in [1.807, 2.05) is 24.3 Å². The minimum atomic E-state index is -3.59. The molecular weight excluding hydrogens is 432 g/mol. The van der Waals surface area contributed by atoms with Gasteiger partial charge < -0.3 is 10.1 Å². The van der Waals surface area contributed by atoms with Gasteiger partial charge in [-0.15, -0.1) is 11.3 Å². The van der Waals surface area contributed by atoms with Crippen LogP contribution in [0.5, 0.6) is 5.75 Å². The lowest BCUT2D eigenvalue weighted by Crippen LogP contribution is -2.25. The van der Waals surface area contributed by atoms with Gasteiger partial charge in [0.15, 0.2) is 6.61 Å². The van der Waals surface area contributed by atoms with Crippen molar-refractivity contribution in [2.45, 2.75) is 30.4 Å². The van der Waals surface area contributed by atoms with Crippen molar-refractivity contribution in [2.75, 3.05) is 23.3 Å². The molecule has 6 nitrogen and oxygen atoms in total. The summed E-state index contributed by atoms with van der Waals surface area (Å²) >= 11 is 1.17. The van der Waals surface area contributed by atoms with E-state index < -0.39 is 10.0 Å². The maximum Gasteiger partial charge on any atom is 0.273 e. The lowest BCUT2D eigenvalue weighted by molar-refractivity contribution is -0.118. The number of carbonyl (C=O) groups is 1. The number of amides is 1. The van der Waals surface area contributed by atoms with Crippen LogP contribution in [-0.2, 0) is 20.2 Å². The Morgan fingerprint density at radius 2 is 1.71 bits per heavy atom. The first kappa shape index (κ1) is 22.8. The molecule has 2 aromatic carbocycles. The molecule has 1 heterocycles. The fourth-order valence-corrected chi connectivity index (χ4v) is 5.37.